The van der Waals surface area contributed by atoms with Crippen molar-refractivity contribution in [1.82, 2.24) is 4.31 Å². The summed E-state index contributed by atoms with van der Waals surface area (Å²) in [5.41, 5.74) is 0.635. The molecule has 1 fully saturated rings. The molecule has 0 radical (unpaired) electrons. The average molecular weight is 318 g/mol. The lowest BCUT2D eigenvalue weighted by Gasteiger charge is -2.18. The van der Waals surface area contributed by atoms with Gasteiger partial charge in [-0.3, -0.25) is 4.79 Å². The maximum Gasteiger partial charge on any atom is 0.303 e. The van der Waals surface area contributed by atoms with Crippen LogP contribution in [0.4, 0.5) is 0 Å². The van der Waals surface area contributed by atoms with Crippen LogP contribution in [0.3, 0.4) is 0 Å². The third kappa shape index (κ3) is 3.13. The van der Waals surface area contributed by atoms with E-state index in [-0.39, 0.29) is 23.8 Å². The van der Waals surface area contributed by atoms with Crippen molar-refractivity contribution in [2.75, 3.05) is 13.1 Å². The second-order valence-electron chi connectivity index (χ2n) is 5.03. The van der Waals surface area contributed by atoms with Gasteiger partial charge in [0.2, 0.25) is 10.0 Å². The summed E-state index contributed by atoms with van der Waals surface area (Å²) >= 11 is 5.87. The van der Waals surface area contributed by atoms with E-state index in [1.807, 2.05) is 0 Å². The molecule has 20 heavy (non-hydrogen) atoms. The van der Waals surface area contributed by atoms with E-state index in [1.165, 1.54) is 10.4 Å². The van der Waals surface area contributed by atoms with E-state index < -0.39 is 16.0 Å². The first-order chi connectivity index (χ1) is 9.30. The van der Waals surface area contributed by atoms with E-state index in [1.54, 1.807) is 19.1 Å². The molecule has 1 aromatic carbocycles. The Morgan fingerprint density at radius 2 is 2.20 bits per heavy atom. The highest BCUT2D eigenvalue weighted by Crippen LogP contribution is 2.29. The van der Waals surface area contributed by atoms with E-state index in [2.05, 4.69) is 0 Å². The molecule has 7 heteroatoms. The Morgan fingerprint density at radius 1 is 1.50 bits per heavy atom. The molecule has 5 nitrogen and oxygen atoms in total. The zero-order valence-electron chi connectivity index (χ0n) is 11.0. The van der Waals surface area contributed by atoms with Crippen LogP contribution in [0, 0.1) is 12.8 Å². The summed E-state index contributed by atoms with van der Waals surface area (Å²) in [6, 6.07) is 4.75. The van der Waals surface area contributed by atoms with E-state index in [0.717, 1.165) is 0 Å². The summed E-state index contributed by atoms with van der Waals surface area (Å²) in [4.78, 5) is 10.9. The maximum atomic E-state index is 12.6. The smallest absolute Gasteiger partial charge is 0.303 e. The van der Waals surface area contributed by atoms with Gasteiger partial charge in [-0.1, -0.05) is 17.7 Å². The van der Waals surface area contributed by atoms with E-state index in [0.29, 0.717) is 23.6 Å². The molecule has 1 heterocycles. The van der Waals surface area contributed by atoms with E-state index >= 15 is 0 Å². The predicted molar refractivity (Wildman–Crippen MR) is 75.3 cm³/mol. The number of aryl methyl sites for hydroxylation is 1. The number of rotatable bonds is 4. The van der Waals surface area contributed by atoms with Gasteiger partial charge < -0.3 is 5.11 Å². The van der Waals surface area contributed by atoms with Crippen molar-refractivity contribution in [1.29, 1.82) is 0 Å². The highest BCUT2D eigenvalue weighted by molar-refractivity contribution is 7.89. The van der Waals surface area contributed by atoms with Gasteiger partial charge in [0, 0.05) is 24.5 Å². The number of nitrogens with zero attached hydrogens (tertiary/aromatic N) is 1. The quantitative estimate of drug-likeness (QED) is 0.923. The molecule has 0 saturated carbocycles. The van der Waals surface area contributed by atoms with Gasteiger partial charge in [0.1, 0.15) is 0 Å². The molecule has 1 saturated heterocycles. The van der Waals surface area contributed by atoms with E-state index in [9.17, 15) is 13.2 Å². The fraction of sp³-hybridized carbons (Fsp3) is 0.462. The molecule has 0 aromatic heterocycles. The first kappa shape index (κ1) is 15.3. The summed E-state index contributed by atoms with van der Waals surface area (Å²) in [5, 5.41) is 9.15. The monoisotopic (exact) mass is 317 g/mol. The number of sulfonamides is 1. The molecule has 0 amide bonds. The minimum atomic E-state index is -3.60. The molecule has 0 aliphatic carbocycles. The number of hydrogen-bond donors (Lipinski definition) is 1. The normalized spacial score (nSPS) is 20.2. The molecular formula is C13H16ClNO4S. The van der Waals surface area contributed by atoms with Crippen LogP contribution in [-0.2, 0) is 14.8 Å². The Hall–Kier alpha value is -1.11. The zero-order valence-corrected chi connectivity index (χ0v) is 12.6. The molecule has 0 bridgehead atoms. The first-order valence-corrected chi connectivity index (χ1v) is 8.10. The van der Waals surface area contributed by atoms with Gasteiger partial charge in [-0.05, 0) is 37.0 Å². The number of carboxylic acids is 1. The molecule has 1 aromatic rings. The number of benzene rings is 1. The lowest BCUT2D eigenvalue weighted by atomic mass is 10.1. The van der Waals surface area contributed by atoms with Crippen molar-refractivity contribution < 1.29 is 18.3 Å². The van der Waals surface area contributed by atoms with Gasteiger partial charge in [0.25, 0.3) is 0 Å². The summed E-state index contributed by atoms with van der Waals surface area (Å²) in [6.07, 6.45) is 0.575. The van der Waals surface area contributed by atoms with Crippen LogP contribution in [-0.4, -0.2) is 36.9 Å². The van der Waals surface area contributed by atoms with Gasteiger partial charge in [-0.15, -0.1) is 0 Å². The molecule has 1 N–H and O–H groups in total. The third-order valence-electron chi connectivity index (χ3n) is 3.48. The van der Waals surface area contributed by atoms with Crippen LogP contribution < -0.4 is 0 Å². The number of carbonyl (C=O) groups is 1. The van der Waals surface area contributed by atoms with Crippen molar-refractivity contribution in [3.63, 3.8) is 0 Å². The third-order valence-corrected chi connectivity index (χ3v) is 5.72. The second kappa shape index (κ2) is 5.71. The topological polar surface area (TPSA) is 74.7 Å². The predicted octanol–water partition coefficient (Wildman–Crippen LogP) is 2.13. The fourth-order valence-electron chi connectivity index (χ4n) is 2.42. The summed E-state index contributed by atoms with van der Waals surface area (Å²) in [7, 11) is -3.60. The van der Waals surface area contributed by atoms with Crippen molar-refractivity contribution >= 4 is 27.6 Å². The van der Waals surface area contributed by atoms with E-state index in [4.69, 9.17) is 16.7 Å². The van der Waals surface area contributed by atoms with Crippen LogP contribution in [0.25, 0.3) is 0 Å². The fourth-order valence-corrected chi connectivity index (χ4v) is 4.44. The van der Waals surface area contributed by atoms with Crippen LogP contribution in [0.15, 0.2) is 23.1 Å². The molecule has 2 rings (SSSR count). The molecular weight excluding hydrogens is 302 g/mol. The minimum Gasteiger partial charge on any atom is -0.481 e. The number of halogens is 1. The molecule has 1 atom stereocenters. The Kier molecular flexibility index (Phi) is 4.36. The Labute approximate surface area is 123 Å². The Bertz CT molecular complexity index is 629. The zero-order chi connectivity index (χ0) is 14.9. The van der Waals surface area contributed by atoms with Gasteiger partial charge in [0.15, 0.2) is 0 Å². The standard InChI is InChI=1S/C13H16ClNO4S/c1-9-2-3-11(14)7-12(9)20(18,19)15-5-4-10(8-15)6-13(16)17/h2-3,7,10H,4-6,8H2,1H3,(H,16,17). The lowest BCUT2D eigenvalue weighted by molar-refractivity contribution is -0.137. The van der Waals surface area contributed by atoms with Crippen LogP contribution >= 0.6 is 11.6 Å². The van der Waals surface area contributed by atoms with Crippen molar-refractivity contribution in [3.8, 4) is 0 Å². The number of carboxylic acid groups (broad SMARTS) is 1. The van der Waals surface area contributed by atoms with Gasteiger partial charge in [-0.25, -0.2) is 8.42 Å². The number of hydrogen-bond acceptors (Lipinski definition) is 3. The largest absolute Gasteiger partial charge is 0.481 e. The van der Waals surface area contributed by atoms with Gasteiger partial charge in [0.05, 0.1) is 4.90 Å². The van der Waals surface area contributed by atoms with Crippen molar-refractivity contribution in [2.24, 2.45) is 5.92 Å². The summed E-state index contributed by atoms with van der Waals surface area (Å²) in [5.74, 6) is -1.02. The van der Waals surface area contributed by atoms with Gasteiger partial charge in [-0.2, -0.15) is 4.31 Å². The molecule has 110 valence electrons. The van der Waals surface area contributed by atoms with Crippen molar-refractivity contribution in [3.05, 3.63) is 28.8 Å². The molecule has 1 aliphatic heterocycles. The lowest BCUT2D eigenvalue weighted by Crippen LogP contribution is -2.29. The van der Waals surface area contributed by atoms with Crippen molar-refractivity contribution in [2.45, 2.75) is 24.7 Å². The molecule has 1 unspecified atom stereocenters. The Morgan fingerprint density at radius 3 is 2.85 bits per heavy atom. The average Bonchev–Trinajstić information content (AvgIpc) is 2.80. The van der Waals surface area contributed by atoms with Crippen LogP contribution in [0.2, 0.25) is 5.02 Å². The minimum absolute atomic E-state index is 0.000544. The summed E-state index contributed by atoms with van der Waals surface area (Å²) in [6.45, 7) is 2.32. The highest BCUT2D eigenvalue weighted by atomic mass is 35.5. The first-order valence-electron chi connectivity index (χ1n) is 6.29. The SMILES string of the molecule is Cc1ccc(Cl)cc1S(=O)(=O)N1CCC(CC(=O)O)C1. The highest BCUT2D eigenvalue weighted by Gasteiger charge is 2.34. The summed E-state index contributed by atoms with van der Waals surface area (Å²) < 4.78 is 26.5. The maximum absolute atomic E-state index is 12.6. The van der Waals surface area contributed by atoms with Crippen LogP contribution in [0.5, 0.6) is 0 Å². The van der Waals surface area contributed by atoms with Gasteiger partial charge >= 0.3 is 5.97 Å². The number of aliphatic carboxylic acids is 1. The molecule has 0 spiro atoms. The van der Waals surface area contributed by atoms with Crippen LogP contribution in [0.1, 0.15) is 18.4 Å². The Balaban J connectivity index is 2.24. The molecule has 1 aliphatic rings. The second-order valence-corrected chi connectivity index (χ2v) is 7.37.